The molecule has 0 aliphatic heterocycles. The number of methoxy groups -OCH3 is 1. The van der Waals surface area contributed by atoms with Crippen LogP contribution in [0, 0.1) is 0 Å². The molecule has 0 saturated heterocycles. The minimum absolute atomic E-state index is 0.451. The predicted octanol–water partition coefficient (Wildman–Crippen LogP) is 2.30. The van der Waals surface area contributed by atoms with Gasteiger partial charge in [-0.15, -0.1) is 0 Å². The maximum absolute atomic E-state index is 5.64. The van der Waals surface area contributed by atoms with E-state index in [0.29, 0.717) is 0 Å². The van der Waals surface area contributed by atoms with Crippen LogP contribution in [0.5, 0.6) is 0 Å². The molecule has 0 aromatic carbocycles. The van der Waals surface area contributed by atoms with Crippen LogP contribution in [0.15, 0.2) is 0 Å². The van der Waals surface area contributed by atoms with E-state index in [0.717, 1.165) is 36.6 Å². The predicted molar refractivity (Wildman–Crippen MR) is 75.8 cm³/mol. The van der Waals surface area contributed by atoms with Gasteiger partial charge in [-0.1, -0.05) is 13.3 Å². The van der Waals surface area contributed by atoms with Gasteiger partial charge in [-0.3, -0.25) is 0 Å². The van der Waals surface area contributed by atoms with Crippen LogP contribution in [0.4, 0.5) is 5.82 Å². The highest BCUT2D eigenvalue weighted by Crippen LogP contribution is 2.30. The summed E-state index contributed by atoms with van der Waals surface area (Å²) in [7, 11) is 1.70. The smallest absolute Gasteiger partial charge is 0.162 e. The van der Waals surface area contributed by atoms with Gasteiger partial charge in [-0.05, 0) is 39.0 Å². The molecule has 2 rings (SSSR count). The molecular weight excluding hydrogens is 240 g/mol. The number of nitrogens with two attached hydrogens (primary N) is 1. The molecular formula is C14H24N4O. The van der Waals surface area contributed by atoms with Crippen molar-refractivity contribution >= 4 is 5.82 Å². The maximum atomic E-state index is 5.64. The molecule has 5 nitrogen and oxygen atoms in total. The Bertz CT molecular complexity index is 443. The van der Waals surface area contributed by atoms with E-state index in [-0.39, 0.29) is 0 Å². The number of aromatic nitrogens is 2. The van der Waals surface area contributed by atoms with Crippen molar-refractivity contribution in [3.63, 3.8) is 0 Å². The molecule has 1 heterocycles. The van der Waals surface area contributed by atoms with Gasteiger partial charge in [0.2, 0.25) is 0 Å². The Labute approximate surface area is 114 Å². The average molecular weight is 264 g/mol. The highest BCUT2D eigenvalue weighted by Gasteiger charge is 2.29. The number of nitrogen functional groups attached to an aromatic ring is 1. The second kappa shape index (κ2) is 5.84. The Morgan fingerprint density at radius 3 is 2.63 bits per heavy atom. The lowest BCUT2D eigenvalue weighted by atomic mass is 10.0. The minimum Gasteiger partial charge on any atom is -0.371 e. The van der Waals surface area contributed by atoms with Gasteiger partial charge in [0.05, 0.1) is 0 Å². The van der Waals surface area contributed by atoms with Gasteiger partial charge < -0.3 is 10.2 Å². The molecule has 0 spiro atoms. The normalized spacial score (nSPS) is 18.3. The monoisotopic (exact) mass is 264 g/mol. The lowest BCUT2D eigenvalue weighted by Gasteiger charge is -2.26. The van der Waals surface area contributed by atoms with E-state index in [1.807, 2.05) is 6.92 Å². The summed E-state index contributed by atoms with van der Waals surface area (Å²) in [4.78, 5) is 9.35. The molecule has 0 fully saturated rings. The molecule has 1 atom stereocenters. The SMILES string of the molecule is CCC(C)(OC)c1nc2c(c(NN)n1)CCCCC2. The van der Waals surface area contributed by atoms with Crippen LogP contribution in [0.3, 0.4) is 0 Å². The zero-order valence-corrected chi connectivity index (χ0v) is 12.1. The molecule has 0 radical (unpaired) electrons. The number of rotatable bonds is 4. The van der Waals surface area contributed by atoms with Crippen LogP contribution in [0.2, 0.25) is 0 Å². The fraction of sp³-hybridized carbons (Fsp3) is 0.714. The van der Waals surface area contributed by atoms with E-state index in [4.69, 9.17) is 15.6 Å². The van der Waals surface area contributed by atoms with Crippen LogP contribution in [0.1, 0.15) is 56.6 Å². The molecule has 106 valence electrons. The minimum atomic E-state index is -0.451. The Hall–Kier alpha value is -1.20. The summed E-state index contributed by atoms with van der Waals surface area (Å²) in [6, 6.07) is 0. The number of nitrogens with one attached hydrogen (secondary N) is 1. The quantitative estimate of drug-likeness (QED) is 0.496. The van der Waals surface area contributed by atoms with Crippen molar-refractivity contribution in [2.24, 2.45) is 5.84 Å². The van der Waals surface area contributed by atoms with Crippen LogP contribution < -0.4 is 11.3 Å². The number of aryl methyl sites for hydroxylation is 1. The first-order chi connectivity index (χ1) is 9.14. The molecule has 1 aliphatic carbocycles. The summed E-state index contributed by atoms with van der Waals surface area (Å²) in [5, 5.41) is 0. The molecule has 1 aromatic rings. The summed E-state index contributed by atoms with van der Waals surface area (Å²) in [5.74, 6) is 7.13. The highest BCUT2D eigenvalue weighted by molar-refractivity contribution is 5.46. The molecule has 1 unspecified atom stereocenters. The van der Waals surface area contributed by atoms with Crippen LogP contribution in [-0.2, 0) is 23.2 Å². The molecule has 19 heavy (non-hydrogen) atoms. The largest absolute Gasteiger partial charge is 0.371 e. The molecule has 3 N–H and O–H groups in total. The Morgan fingerprint density at radius 2 is 2.00 bits per heavy atom. The first kappa shape index (κ1) is 14.2. The average Bonchev–Trinajstić information content (AvgIpc) is 2.70. The van der Waals surface area contributed by atoms with E-state index in [9.17, 15) is 0 Å². The highest BCUT2D eigenvalue weighted by atomic mass is 16.5. The van der Waals surface area contributed by atoms with Gasteiger partial charge in [-0.2, -0.15) is 0 Å². The van der Waals surface area contributed by atoms with E-state index in [2.05, 4.69) is 17.3 Å². The van der Waals surface area contributed by atoms with Crippen LogP contribution in [0.25, 0.3) is 0 Å². The third kappa shape index (κ3) is 2.72. The molecule has 5 heteroatoms. The number of hydrogen-bond acceptors (Lipinski definition) is 5. The Balaban J connectivity index is 2.50. The van der Waals surface area contributed by atoms with Crippen molar-refractivity contribution in [1.29, 1.82) is 0 Å². The zero-order valence-electron chi connectivity index (χ0n) is 12.1. The zero-order chi connectivity index (χ0) is 13.9. The summed E-state index contributed by atoms with van der Waals surface area (Å²) < 4.78 is 5.60. The van der Waals surface area contributed by atoms with Gasteiger partial charge in [0.15, 0.2) is 5.82 Å². The number of ether oxygens (including phenoxy) is 1. The number of fused-ring (bicyclic) bond motifs is 1. The third-order valence-corrected chi connectivity index (χ3v) is 4.17. The molecule has 0 amide bonds. The number of hydrogen-bond donors (Lipinski definition) is 2. The lowest BCUT2D eigenvalue weighted by molar-refractivity contribution is -0.00906. The third-order valence-electron chi connectivity index (χ3n) is 4.17. The van der Waals surface area contributed by atoms with Crippen molar-refractivity contribution < 1.29 is 4.74 Å². The topological polar surface area (TPSA) is 73.1 Å². The van der Waals surface area contributed by atoms with E-state index in [1.54, 1.807) is 7.11 Å². The fourth-order valence-electron chi connectivity index (χ4n) is 2.52. The van der Waals surface area contributed by atoms with Crippen molar-refractivity contribution in [1.82, 2.24) is 9.97 Å². The second-order valence-electron chi connectivity index (χ2n) is 5.31. The van der Waals surface area contributed by atoms with E-state index >= 15 is 0 Å². The number of nitrogens with zero attached hydrogens (tertiary/aromatic N) is 2. The Morgan fingerprint density at radius 1 is 1.26 bits per heavy atom. The van der Waals surface area contributed by atoms with Crippen molar-refractivity contribution in [3.05, 3.63) is 17.1 Å². The summed E-state index contributed by atoms with van der Waals surface area (Å²) >= 11 is 0. The van der Waals surface area contributed by atoms with Gasteiger partial charge in [0.25, 0.3) is 0 Å². The van der Waals surface area contributed by atoms with E-state index < -0.39 is 5.60 Å². The molecule has 0 bridgehead atoms. The van der Waals surface area contributed by atoms with Gasteiger partial charge in [0, 0.05) is 18.4 Å². The van der Waals surface area contributed by atoms with Gasteiger partial charge >= 0.3 is 0 Å². The van der Waals surface area contributed by atoms with Crippen molar-refractivity contribution in [2.45, 2.75) is 58.0 Å². The Kier molecular flexibility index (Phi) is 4.37. The number of hydrazine groups is 1. The molecule has 1 aliphatic rings. The molecule has 0 saturated carbocycles. The summed E-state index contributed by atoms with van der Waals surface area (Å²) in [6.07, 6.45) is 6.44. The van der Waals surface area contributed by atoms with Crippen molar-refractivity contribution in [3.8, 4) is 0 Å². The first-order valence-electron chi connectivity index (χ1n) is 7.06. The standard InChI is InChI=1S/C14H24N4O/c1-4-14(2,19-3)13-16-11-9-7-5-6-8-10(11)12(17-13)18-15/h4-9,15H2,1-3H3,(H,16,17,18). The van der Waals surface area contributed by atoms with E-state index in [1.165, 1.54) is 24.8 Å². The van der Waals surface area contributed by atoms with Gasteiger partial charge in [-0.25, -0.2) is 15.8 Å². The second-order valence-corrected chi connectivity index (χ2v) is 5.31. The first-order valence-corrected chi connectivity index (χ1v) is 7.06. The number of anilines is 1. The maximum Gasteiger partial charge on any atom is 0.162 e. The summed E-state index contributed by atoms with van der Waals surface area (Å²) in [5.41, 5.74) is 4.60. The summed E-state index contributed by atoms with van der Waals surface area (Å²) in [6.45, 7) is 4.10. The van der Waals surface area contributed by atoms with Crippen molar-refractivity contribution in [2.75, 3.05) is 12.5 Å². The lowest BCUT2D eigenvalue weighted by Crippen LogP contribution is -2.28. The van der Waals surface area contributed by atoms with Crippen LogP contribution >= 0.6 is 0 Å². The fourth-order valence-corrected chi connectivity index (χ4v) is 2.52. The molecule has 1 aromatic heterocycles. The van der Waals surface area contributed by atoms with Gasteiger partial charge in [0.1, 0.15) is 11.4 Å². The van der Waals surface area contributed by atoms with Crippen LogP contribution in [-0.4, -0.2) is 17.1 Å².